The quantitative estimate of drug-likeness (QED) is 0.525. The van der Waals surface area contributed by atoms with E-state index in [9.17, 15) is 9.59 Å². The molecule has 0 saturated carbocycles. The maximum absolute atomic E-state index is 12.5. The fourth-order valence-electron chi connectivity index (χ4n) is 3.76. The number of anilines is 1. The second kappa shape index (κ2) is 7.00. The van der Waals surface area contributed by atoms with Crippen molar-refractivity contribution in [3.05, 3.63) is 80.9 Å². The third-order valence-corrected chi connectivity index (χ3v) is 5.42. The summed E-state index contributed by atoms with van der Waals surface area (Å²) in [4.78, 5) is 23.8. The number of carbonyl (C=O) groups excluding carboxylic acids is 1. The fraction of sp³-hybridized carbons (Fsp3) is 0.143. The molecule has 4 heterocycles. The van der Waals surface area contributed by atoms with E-state index < -0.39 is 0 Å². The molecule has 8 nitrogen and oxygen atoms in total. The average molecular weight is 422 g/mol. The molecule has 1 atom stereocenters. The van der Waals surface area contributed by atoms with E-state index in [2.05, 4.69) is 20.6 Å². The van der Waals surface area contributed by atoms with Crippen molar-refractivity contribution < 1.29 is 9.21 Å². The first-order chi connectivity index (χ1) is 14.5. The van der Waals surface area contributed by atoms with Crippen molar-refractivity contribution in [1.82, 2.24) is 20.0 Å². The molecule has 2 N–H and O–H groups in total. The highest BCUT2D eigenvalue weighted by Gasteiger charge is 2.34. The van der Waals surface area contributed by atoms with E-state index in [1.54, 1.807) is 12.1 Å². The largest absolute Gasteiger partial charge is 0.460 e. The number of aromatic nitrogens is 4. The molecule has 1 aliphatic heterocycles. The number of nitrogens with one attached hydrogen (secondary N) is 2. The minimum Gasteiger partial charge on any atom is -0.460 e. The normalized spacial score (nSPS) is 15.7. The minimum atomic E-state index is -0.318. The van der Waals surface area contributed by atoms with Crippen LogP contribution in [0.1, 0.15) is 29.4 Å². The zero-order valence-corrected chi connectivity index (χ0v) is 16.6. The van der Waals surface area contributed by atoms with E-state index in [1.165, 1.54) is 10.7 Å². The van der Waals surface area contributed by atoms with Crippen molar-refractivity contribution in [2.45, 2.75) is 19.3 Å². The predicted molar refractivity (Wildman–Crippen MR) is 111 cm³/mol. The number of hydrogen-bond donors (Lipinski definition) is 2. The van der Waals surface area contributed by atoms with E-state index in [0.29, 0.717) is 28.2 Å². The Morgan fingerprint density at radius 2 is 1.97 bits per heavy atom. The summed E-state index contributed by atoms with van der Waals surface area (Å²) in [5.74, 6) is 1.74. The number of benzene rings is 1. The van der Waals surface area contributed by atoms with E-state index in [1.807, 2.05) is 37.3 Å². The van der Waals surface area contributed by atoms with Crippen LogP contribution in [-0.4, -0.2) is 25.9 Å². The maximum atomic E-state index is 12.5. The van der Waals surface area contributed by atoms with Crippen molar-refractivity contribution in [3.8, 4) is 17.1 Å². The molecule has 3 aromatic heterocycles. The Balaban J connectivity index is 1.60. The summed E-state index contributed by atoms with van der Waals surface area (Å²) < 4.78 is 7.63. The van der Waals surface area contributed by atoms with E-state index >= 15 is 0 Å². The molecule has 0 unspecified atom stereocenters. The summed E-state index contributed by atoms with van der Waals surface area (Å²) in [7, 11) is 0. The Hall–Kier alpha value is -3.65. The van der Waals surface area contributed by atoms with E-state index in [0.717, 1.165) is 16.8 Å². The zero-order chi connectivity index (χ0) is 20.8. The fourth-order valence-corrected chi connectivity index (χ4v) is 3.99. The van der Waals surface area contributed by atoms with Gasteiger partial charge in [-0.05, 0) is 37.3 Å². The highest BCUT2D eigenvalue weighted by molar-refractivity contribution is 6.33. The monoisotopic (exact) mass is 421 g/mol. The zero-order valence-electron chi connectivity index (χ0n) is 15.8. The van der Waals surface area contributed by atoms with Gasteiger partial charge in [-0.15, -0.1) is 0 Å². The van der Waals surface area contributed by atoms with Crippen LogP contribution in [0.5, 0.6) is 0 Å². The van der Waals surface area contributed by atoms with Gasteiger partial charge in [0.15, 0.2) is 5.82 Å². The Morgan fingerprint density at radius 3 is 2.73 bits per heavy atom. The van der Waals surface area contributed by atoms with Gasteiger partial charge in [-0.3, -0.25) is 9.59 Å². The van der Waals surface area contributed by atoms with Crippen LogP contribution in [0, 0.1) is 6.92 Å². The molecule has 1 amide bonds. The Labute approximate surface area is 175 Å². The molecule has 0 aliphatic carbocycles. The predicted octanol–water partition coefficient (Wildman–Crippen LogP) is 3.65. The number of furan rings is 1. The number of fused-ring (bicyclic) bond motifs is 1. The molecule has 30 heavy (non-hydrogen) atoms. The smallest absolute Gasteiger partial charge is 0.264 e. The summed E-state index contributed by atoms with van der Waals surface area (Å²) >= 11 is 6.30. The highest BCUT2D eigenvalue weighted by atomic mass is 35.5. The molecule has 1 aliphatic rings. The number of aryl methyl sites for hydroxylation is 1. The molecular formula is C21H16ClN5O3. The number of H-pyrrole nitrogens is 1. The number of halogens is 1. The number of aromatic amines is 1. The lowest BCUT2D eigenvalue weighted by Gasteiger charge is -2.22. The van der Waals surface area contributed by atoms with Gasteiger partial charge in [-0.1, -0.05) is 23.7 Å². The van der Waals surface area contributed by atoms with Gasteiger partial charge in [0, 0.05) is 23.6 Å². The highest BCUT2D eigenvalue weighted by Crippen LogP contribution is 2.42. The molecular weight excluding hydrogens is 406 g/mol. The van der Waals surface area contributed by atoms with Gasteiger partial charge >= 0.3 is 0 Å². The number of rotatable bonds is 3. The SMILES string of the molecule is Cc1nn(-c2ccc(=O)[nH]n2)c2c1[C@@H](c1ccc(-c3ccccc3Cl)o1)CC(=O)N2. The minimum absolute atomic E-state index is 0.159. The number of carbonyl (C=O) groups is 1. The molecule has 0 radical (unpaired) electrons. The summed E-state index contributed by atoms with van der Waals surface area (Å²) in [6.45, 7) is 1.86. The average Bonchev–Trinajstić information content (AvgIpc) is 3.34. The Bertz CT molecular complexity index is 1320. The Kier molecular flexibility index (Phi) is 4.29. The maximum Gasteiger partial charge on any atom is 0.264 e. The summed E-state index contributed by atoms with van der Waals surface area (Å²) in [5.41, 5.74) is 2.05. The van der Waals surface area contributed by atoms with Crippen molar-refractivity contribution in [1.29, 1.82) is 0 Å². The van der Waals surface area contributed by atoms with Crippen LogP contribution in [-0.2, 0) is 4.79 Å². The van der Waals surface area contributed by atoms with Crippen LogP contribution < -0.4 is 10.9 Å². The van der Waals surface area contributed by atoms with Gasteiger partial charge in [0.25, 0.3) is 5.56 Å². The Morgan fingerprint density at radius 1 is 1.13 bits per heavy atom. The number of hydrogen-bond acceptors (Lipinski definition) is 5. The lowest BCUT2D eigenvalue weighted by molar-refractivity contribution is -0.116. The van der Waals surface area contributed by atoms with Gasteiger partial charge in [0.1, 0.15) is 17.3 Å². The molecule has 150 valence electrons. The van der Waals surface area contributed by atoms with Crippen LogP contribution in [0.2, 0.25) is 5.02 Å². The van der Waals surface area contributed by atoms with Gasteiger partial charge in [0.2, 0.25) is 5.91 Å². The molecule has 5 rings (SSSR count). The molecule has 4 aromatic rings. The van der Waals surface area contributed by atoms with Crippen molar-refractivity contribution in [2.75, 3.05) is 5.32 Å². The lowest BCUT2D eigenvalue weighted by atomic mass is 9.90. The molecule has 0 saturated heterocycles. The van der Waals surface area contributed by atoms with Crippen molar-refractivity contribution >= 4 is 23.3 Å². The lowest BCUT2D eigenvalue weighted by Crippen LogP contribution is -2.25. The van der Waals surface area contributed by atoms with Crippen LogP contribution in [0.25, 0.3) is 17.1 Å². The standard InChI is InChI=1S/C21H16ClN5O3/c1-11-20-13(16-7-6-15(30-16)12-4-2-3-5-14(12)22)10-19(29)23-21(20)27(26-11)17-8-9-18(28)25-24-17/h2-9,13H,10H2,1H3,(H,23,29)(H,25,28)/t13-/m1/s1. The van der Waals surface area contributed by atoms with Crippen molar-refractivity contribution in [2.24, 2.45) is 0 Å². The first-order valence-electron chi connectivity index (χ1n) is 9.31. The van der Waals surface area contributed by atoms with Crippen LogP contribution in [0.4, 0.5) is 5.82 Å². The number of nitrogens with zero attached hydrogens (tertiary/aromatic N) is 3. The van der Waals surface area contributed by atoms with Crippen LogP contribution >= 0.6 is 11.6 Å². The topological polar surface area (TPSA) is 106 Å². The summed E-state index contributed by atoms with van der Waals surface area (Å²) in [6.07, 6.45) is 0.230. The third kappa shape index (κ3) is 3.02. The second-order valence-electron chi connectivity index (χ2n) is 7.03. The van der Waals surface area contributed by atoms with E-state index in [4.69, 9.17) is 16.0 Å². The van der Waals surface area contributed by atoms with Crippen LogP contribution in [0.3, 0.4) is 0 Å². The first kappa shape index (κ1) is 18.4. The molecule has 1 aromatic carbocycles. The van der Waals surface area contributed by atoms with Crippen LogP contribution in [0.15, 0.2) is 57.7 Å². The van der Waals surface area contributed by atoms with Gasteiger partial charge in [-0.25, -0.2) is 5.10 Å². The molecule has 0 fully saturated rings. The van der Waals surface area contributed by atoms with Crippen molar-refractivity contribution in [3.63, 3.8) is 0 Å². The number of amides is 1. The second-order valence-corrected chi connectivity index (χ2v) is 7.43. The summed E-state index contributed by atoms with van der Waals surface area (Å²) in [6, 6.07) is 14.1. The first-order valence-corrected chi connectivity index (χ1v) is 9.69. The van der Waals surface area contributed by atoms with E-state index in [-0.39, 0.29) is 23.8 Å². The van der Waals surface area contributed by atoms with Gasteiger partial charge < -0.3 is 9.73 Å². The molecule has 0 spiro atoms. The van der Waals surface area contributed by atoms with Gasteiger partial charge in [0.05, 0.1) is 16.6 Å². The summed E-state index contributed by atoms with van der Waals surface area (Å²) in [5, 5.41) is 14.4. The third-order valence-electron chi connectivity index (χ3n) is 5.09. The van der Waals surface area contributed by atoms with Gasteiger partial charge in [-0.2, -0.15) is 14.9 Å². The molecule has 0 bridgehead atoms. The molecule has 9 heteroatoms.